The summed E-state index contributed by atoms with van der Waals surface area (Å²) in [6, 6.07) is 0. The van der Waals surface area contributed by atoms with Gasteiger partial charge in [-0.25, -0.2) is 9.97 Å². The Balaban J connectivity index is 2.04. The van der Waals surface area contributed by atoms with Gasteiger partial charge in [0, 0.05) is 26.3 Å². The van der Waals surface area contributed by atoms with Gasteiger partial charge >= 0.3 is 0 Å². The second kappa shape index (κ2) is 4.87. The lowest BCUT2D eigenvalue weighted by molar-refractivity contribution is -0.0601. The molecule has 0 saturated heterocycles. The fraction of sp³-hybridized carbons (Fsp3) is 0.667. The standard InChI is InChI=1S/C12H20N4O/c1-9-10(13-2)15-8-16-11(9)14-7-12(17-3)5-4-6-12/h8H,4-7H2,1-3H3,(H2,13,14,15,16). The van der Waals surface area contributed by atoms with Gasteiger partial charge in [-0.2, -0.15) is 0 Å². The van der Waals surface area contributed by atoms with E-state index in [4.69, 9.17) is 4.74 Å². The Bertz CT molecular complexity index is 385. The number of nitrogens with zero attached hydrogens (tertiary/aromatic N) is 2. The van der Waals surface area contributed by atoms with E-state index in [1.165, 1.54) is 6.42 Å². The van der Waals surface area contributed by atoms with E-state index in [0.29, 0.717) is 0 Å². The SMILES string of the molecule is CNc1ncnc(NCC2(OC)CCC2)c1C. The Morgan fingerprint density at radius 2 is 2.06 bits per heavy atom. The topological polar surface area (TPSA) is 59.1 Å². The van der Waals surface area contributed by atoms with E-state index in [1.807, 2.05) is 14.0 Å². The summed E-state index contributed by atoms with van der Waals surface area (Å²) in [4.78, 5) is 8.43. The third-order valence-corrected chi connectivity index (χ3v) is 3.60. The third kappa shape index (κ3) is 2.34. The molecule has 1 aliphatic rings. The highest BCUT2D eigenvalue weighted by atomic mass is 16.5. The van der Waals surface area contributed by atoms with Crippen LogP contribution in [-0.2, 0) is 4.74 Å². The molecule has 17 heavy (non-hydrogen) atoms. The Kier molecular flexibility index (Phi) is 3.47. The van der Waals surface area contributed by atoms with Crippen LogP contribution in [0.1, 0.15) is 24.8 Å². The zero-order chi connectivity index (χ0) is 12.3. The van der Waals surface area contributed by atoms with Crippen molar-refractivity contribution in [3.63, 3.8) is 0 Å². The van der Waals surface area contributed by atoms with Gasteiger partial charge in [-0.15, -0.1) is 0 Å². The van der Waals surface area contributed by atoms with Crippen LogP contribution in [-0.4, -0.2) is 36.3 Å². The van der Waals surface area contributed by atoms with E-state index < -0.39 is 0 Å². The van der Waals surface area contributed by atoms with Gasteiger partial charge in [0.2, 0.25) is 0 Å². The van der Waals surface area contributed by atoms with Gasteiger partial charge < -0.3 is 15.4 Å². The van der Waals surface area contributed by atoms with E-state index >= 15 is 0 Å². The molecule has 1 aromatic heterocycles. The largest absolute Gasteiger partial charge is 0.376 e. The van der Waals surface area contributed by atoms with Crippen LogP contribution in [0.5, 0.6) is 0 Å². The number of ether oxygens (including phenoxy) is 1. The van der Waals surface area contributed by atoms with Gasteiger partial charge in [0.25, 0.3) is 0 Å². The fourth-order valence-electron chi connectivity index (χ4n) is 2.15. The third-order valence-electron chi connectivity index (χ3n) is 3.60. The summed E-state index contributed by atoms with van der Waals surface area (Å²) < 4.78 is 5.57. The maximum Gasteiger partial charge on any atom is 0.134 e. The van der Waals surface area contributed by atoms with E-state index in [-0.39, 0.29) is 5.60 Å². The molecule has 2 N–H and O–H groups in total. The minimum absolute atomic E-state index is 0.0111. The summed E-state index contributed by atoms with van der Waals surface area (Å²) >= 11 is 0. The molecule has 0 radical (unpaired) electrons. The van der Waals surface area contributed by atoms with Crippen molar-refractivity contribution in [2.75, 3.05) is 31.3 Å². The highest BCUT2D eigenvalue weighted by Gasteiger charge is 2.36. The summed E-state index contributed by atoms with van der Waals surface area (Å²) in [5.74, 6) is 1.75. The predicted octanol–water partition coefficient (Wildman–Crippen LogP) is 1.81. The Morgan fingerprint density at radius 1 is 1.35 bits per heavy atom. The van der Waals surface area contributed by atoms with Crippen molar-refractivity contribution in [2.45, 2.75) is 31.8 Å². The van der Waals surface area contributed by atoms with Crippen LogP contribution in [0.3, 0.4) is 0 Å². The number of methoxy groups -OCH3 is 1. The summed E-state index contributed by atoms with van der Waals surface area (Å²) in [5, 5.41) is 6.42. The predicted molar refractivity (Wildman–Crippen MR) is 68.4 cm³/mol. The van der Waals surface area contributed by atoms with E-state index in [2.05, 4.69) is 20.6 Å². The number of aromatic nitrogens is 2. The second-order valence-electron chi connectivity index (χ2n) is 4.54. The molecule has 1 aliphatic carbocycles. The van der Waals surface area contributed by atoms with Crippen LogP contribution >= 0.6 is 0 Å². The smallest absolute Gasteiger partial charge is 0.134 e. The lowest BCUT2D eigenvalue weighted by Gasteiger charge is -2.40. The number of hydrogen-bond acceptors (Lipinski definition) is 5. The molecule has 1 heterocycles. The van der Waals surface area contributed by atoms with Crippen molar-refractivity contribution in [1.82, 2.24) is 9.97 Å². The summed E-state index contributed by atoms with van der Waals surface area (Å²) in [6.07, 6.45) is 5.07. The minimum atomic E-state index is 0.0111. The van der Waals surface area contributed by atoms with Crippen LogP contribution in [0.2, 0.25) is 0 Å². The lowest BCUT2D eigenvalue weighted by atomic mass is 9.80. The fourth-order valence-corrected chi connectivity index (χ4v) is 2.15. The summed E-state index contributed by atoms with van der Waals surface area (Å²) in [6.45, 7) is 2.82. The zero-order valence-corrected chi connectivity index (χ0v) is 10.7. The average Bonchev–Trinajstić information content (AvgIpc) is 2.30. The first-order valence-electron chi connectivity index (χ1n) is 5.99. The van der Waals surface area contributed by atoms with Crippen molar-refractivity contribution in [1.29, 1.82) is 0 Å². The summed E-state index contributed by atoms with van der Waals surface area (Å²) in [5.41, 5.74) is 1.05. The molecule has 0 unspecified atom stereocenters. The highest BCUT2D eigenvalue weighted by Crippen LogP contribution is 2.35. The van der Waals surface area contributed by atoms with Crippen LogP contribution in [0.25, 0.3) is 0 Å². The van der Waals surface area contributed by atoms with E-state index in [1.54, 1.807) is 13.4 Å². The van der Waals surface area contributed by atoms with Gasteiger partial charge in [0.15, 0.2) is 0 Å². The molecule has 0 aromatic carbocycles. The minimum Gasteiger partial charge on any atom is -0.376 e. The van der Waals surface area contributed by atoms with E-state index in [9.17, 15) is 0 Å². The highest BCUT2D eigenvalue weighted by molar-refractivity contribution is 5.56. The number of anilines is 2. The Hall–Kier alpha value is -1.36. The Morgan fingerprint density at radius 3 is 2.59 bits per heavy atom. The van der Waals surface area contributed by atoms with Crippen molar-refractivity contribution in [2.24, 2.45) is 0 Å². The maximum absolute atomic E-state index is 5.57. The first-order chi connectivity index (χ1) is 8.21. The van der Waals surface area contributed by atoms with Gasteiger partial charge in [-0.3, -0.25) is 0 Å². The average molecular weight is 236 g/mol. The van der Waals surface area contributed by atoms with Crippen LogP contribution in [0.4, 0.5) is 11.6 Å². The molecule has 0 aliphatic heterocycles. The van der Waals surface area contributed by atoms with Crippen molar-refractivity contribution in [3.8, 4) is 0 Å². The summed E-state index contributed by atoms with van der Waals surface area (Å²) in [7, 11) is 3.65. The normalized spacial score (nSPS) is 17.4. The van der Waals surface area contributed by atoms with Crippen molar-refractivity contribution in [3.05, 3.63) is 11.9 Å². The molecular formula is C12H20N4O. The number of hydrogen-bond donors (Lipinski definition) is 2. The van der Waals surface area contributed by atoms with Gasteiger partial charge in [-0.05, 0) is 26.2 Å². The van der Waals surface area contributed by atoms with Gasteiger partial charge in [-0.1, -0.05) is 0 Å². The molecule has 1 saturated carbocycles. The molecule has 5 nitrogen and oxygen atoms in total. The number of nitrogens with one attached hydrogen (secondary N) is 2. The molecule has 0 spiro atoms. The van der Waals surface area contributed by atoms with Crippen LogP contribution in [0, 0.1) is 6.92 Å². The van der Waals surface area contributed by atoms with Gasteiger partial charge in [0.05, 0.1) is 5.60 Å². The first-order valence-corrected chi connectivity index (χ1v) is 5.99. The van der Waals surface area contributed by atoms with Crippen LogP contribution in [0.15, 0.2) is 6.33 Å². The maximum atomic E-state index is 5.57. The monoisotopic (exact) mass is 236 g/mol. The molecular weight excluding hydrogens is 216 g/mol. The quantitative estimate of drug-likeness (QED) is 0.816. The van der Waals surface area contributed by atoms with Crippen LogP contribution < -0.4 is 10.6 Å². The molecule has 0 amide bonds. The lowest BCUT2D eigenvalue weighted by Crippen LogP contribution is -2.45. The Labute approximate surface area is 102 Å². The van der Waals surface area contributed by atoms with Gasteiger partial charge in [0.1, 0.15) is 18.0 Å². The van der Waals surface area contributed by atoms with E-state index in [0.717, 1.165) is 36.6 Å². The van der Waals surface area contributed by atoms with Crippen molar-refractivity contribution < 1.29 is 4.74 Å². The van der Waals surface area contributed by atoms with Crippen molar-refractivity contribution >= 4 is 11.6 Å². The molecule has 1 aromatic rings. The number of rotatable bonds is 5. The second-order valence-corrected chi connectivity index (χ2v) is 4.54. The molecule has 5 heteroatoms. The molecule has 1 fully saturated rings. The molecule has 0 bridgehead atoms. The molecule has 94 valence electrons. The molecule has 2 rings (SSSR count). The first kappa shape index (κ1) is 12.1. The molecule has 0 atom stereocenters. The zero-order valence-electron chi connectivity index (χ0n) is 10.7.